The first-order valence-electron chi connectivity index (χ1n) is 6.36. The molecule has 3 unspecified atom stereocenters. The van der Waals surface area contributed by atoms with Crippen molar-refractivity contribution in [3.63, 3.8) is 0 Å². The van der Waals surface area contributed by atoms with Gasteiger partial charge in [0.15, 0.2) is 0 Å². The summed E-state index contributed by atoms with van der Waals surface area (Å²) in [5.41, 5.74) is 0.154. The van der Waals surface area contributed by atoms with Crippen LogP contribution in [0, 0.1) is 0 Å². The minimum atomic E-state index is -4.30. The average Bonchev–Trinajstić information content (AvgIpc) is 2.39. The van der Waals surface area contributed by atoms with Gasteiger partial charge in [-0.3, -0.25) is 0 Å². The summed E-state index contributed by atoms with van der Waals surface area (Å²) in [6.07, 6.45) is -2.38. The van der Waals surface area contributed by atoms with E-state index in [1.54, 1.807) is 11.8 Å². The summed E-state index contributed by atoms with van der Waals surface area (Å²) >= 11 is 1.56. The number of aliphatic hydroxyl groups is 1. The Morgan fingerprint density at radius 3 is 2.15 bits per heavy atom. The van der Waals surface area contributed by atoms with Crippen LogP contribution < -0.4 is 5.32 Å². The summed E-state index contributed by atoms with van der Waals surface area (Å²) in [7, 11) is 0. The SMILES string of the molecule is CSC(CO)C(C)NC(C)c1ccc(C(F)(F)F)cc1. The lowest BCUT2D eigenvalue weighted by atomic mass is 10.0. The van der Waals surface area contributed by atoms with Gasteiger partial charge >= 0.3 is 6.18 Å². The molecule has 0 fully saturated rings. The molecule has 6 heteroatoms. The van der Waals surface area contributed by atoms with Crippen molar-refractivity contribution in [3.8, 4) is 0 Å². The van der Waals surface area contributed by atoms with Crippen LogP contribution in [0.5, 0.6) is 0 Å². The standard InChI is InChI=1S/C14H20F3NOS/c1-9(18-10(2)13(8-19)20-3)11-4-6-12(7-5-11)14(15,16)17/h4-7,9-10,13,18-19H,8H2,1-3H3. The number of thioether (sulfide) groups is 1. The third kappa shape index (κ3) is 4.68. The molecular formula is C14H20F3NOS. The summed E-state index contributed by atoms with van der Waals surface area (Å²) in [5, 5.41) is 12.6. The molecule has 0 saturated heterocycles. The van der Waals surface area contributed by atoms with E-state index in [9.17, 15) is 18.3 Å². The summed E-state index contributed by atoms with van der Waals surface area (Å²) < 4.78 is 37.4. The largest absolute Gasteiger partial charge is 0.416 e. The summed E-state index contributed by atoms with van der Waals surface area (Å²) in [4.78, 5) is 0. The molecule has 1 rings (SSSR count). The fourth-order valence-corrected chi connectivity index (χ4v) is 2.63. The van der Waals surface area contributed by atoms with Crippen LogP contribution in [0.15, 0.2) is 24.3 Å². The van der Waals surface area contributed by atoms with Crippen LogP contribution in [-0.4, -0.2) is 29.3 Å². The van der Waals surface area contributed by atoms with Gasteiger partial charge in [0, 0.05) is 17.3 Å². The maximum Gasteiger partial charge on any atom is 0.416 e. The summed E-state index contributed by atoms with van der Waals surface area (Å²) in [6, 6.07) is 5.15. The van der Waals surface area contributed by atoms with Crippen molar-refractivity contribution in [2.45, 2.75) is 37.4 Å². The highest BCUT2D eigenvalue weighted by molar-refractivity contribution is 7.99. The normalized spacial score (nSPS) is 16.8. The lowest BCUT2D eigenvalue weighted by molar-refractivity contribution is -0.137. The average molecular weight is 307 g/mol. The van der Waals surface area contributed by atoms with Gasteiger partial charge in [0.2, 0.25) is 0 Å². The highest BCUT2D eigenvalue weighted by Gasteiger charge is 2.30. The molecule has 0 bridgehead atoms. The van der Waals surface area contributed by atoms with Gasteiger partial charge in [-0.2, -0.15) is 24.9 Å². The third-order valence-corrected chi connectivity index (χ3v) is 4.45. The van der Waals surface area contributed by atoms with Gasteiger partial charge in [0.25, 0.3) is 0 Å². The quantitative estimate of drug-likeness (QED) is 0.844. The van der Waals surface area contributed by atoms with Crippen LogP contribution in [0.4, 0.5) is 13.2 Å². The molecule has 0 aliphatic rings. The van der Waals surface area contributed by atoms with Crippen molar-refractivity contribution in [1.29, 1.82) is 0 Å². The zero-order valence-corrected chi connectivity index (χ0v) is 12.6. The van der Waals surface area contributed by atoms with Crippen LogP contribution in [0.2, 0.25) is 0 Å². The Labute approximate surface area is 121 Å². The Hall–Kier alpha value is -0.720. The van der Waals surface area contributed by atoms with E-state index in [1.165, 1.54) is 12.1 Å². The zero-order chi connectivity index (χ0) is 15.3. The molecular weight excluding hydrogens is 287 g/mol. The molecule has 0 amide bonds. The van der Waals surface area contributed by atoms with Gasteiger partial charge in [-0.05, 0) is 37.8 Å². The highest BCUT2D eigenvalue weighted by atomic mass is 32.2. The molecule has 0 heterocycles. The molecule has 0 aliphatic carbocycles. The minimum absolute atomic E-state index is 0.0619. The van der Waals surface area contributed by atoms with E-state index in [2.05, 4.69) is 5.32 Å². The van der Waals surface area contributed by atoms with Crippen LogP contribution in [0.1, 0.15) is 31.0 Å². The van der Waals surface area contributed by atoms with Gasteiger partial charge in [0.05, 0.1) is 12.2 Å². The summed E-state index contributed by atoms with van der Waals surface area (Å²) in [6.45, 7) is 3.92. The second-order valence-electron chi connectivity index (χ2n) is 4.75. The van der Waals surface area contributed by atoms with E-state index in [-0.39, 0.29) is 23.9 Å². The smallest absolute Gasteiger partial charge is 0.395 e. The summed E-state index contributed by atoms with van der Waals surface area (Å²) in [5.74, 6) is 0. The predicted molar refractivity (Wildman–Crippen MR) is 76.8 cm³/mol. The van der Waals surface area contributed by atoms with E-state index >= 15 is 0 Å². The number of alkyl halides is 3. The van der Waals surface area contributed by atoms with Crippen molar-refractivity contribution < 1.29 is 18.3 Å². The number of nitrogens with one attached hydrogen (secondary N) is 1. The Balaban J connectivity index is 2.71. The molecule has 0 spiro atoms. The number of rotatable bonds is 6. The second-order valence-corrected chi connectivity index (χ2v) is 5.83. The molecule has 1 aromatic rings. The molecule has 20 heavy (non-hydrogen) atoms. The van der Waals surface area contributed by atoms with Crippen molar-refractivity contribution in [1.82, 2.24) is 5.32 Å². The highest BCUT2D eigenvalue weighted by Crippen LogP contribution is 2.30. The molecule has 1 aromatic carbocycles. The Bertz CT molecular complexity index is 404. The topological polar surface area (TPSA) is 32.3 Å². The maximum absolute atomic E-state index is 12.5. The van der Waals surface area contributed by atoms with Gasteiger partial charge in [0.1, 0.15) is 0 Å². The lowest BCUT2D eigenvalue weighted by Gasteiger charge is -2.25. The van der Waals surface area contributed by atoms with E-state index in [4.69, 9.17) is 0 Å². The molecule has 2 N–H and O–H groups in total. The predicted octanol–water partition coefficient (Wildman–Crippen LogP) is 3.47. The monoisotopic (exact) mass is 307 g/mol. The second kappa shape index (κ2) is 7.33. The van der Waals surface area contributed by atoms with Crippen molar-refractivity contribution in [2.24, 2.45) is 0 Å². The van der Waals surface area contributed by atoms with E-state index < -0.39 is 11.7 Å². The van der Waals surface area contributed by atoms with E-state index in [1.807, 2.05) is 20.1 Å². The Kier molecular flexibility index (Phi) is 6.36. The molecule has 0 radical (unpaired) electrons. The first kappa shape index (κ1) is 17.3. The van der Waals surface area contributed by atoms with Crippen molar-refractivity contribution >= 4 is 11.8 Å². The Morgan fingerprint density at radius 1 is 1.20 bits per heavy atom. The van der Waals surface area contributed by atoms with E-state index in [0.29, 0.717) is 0 Å². The molecule has 0 aromatic heterocycles. The van der Waals surface area contributed by atoms with Gasteiger partial charge in [-0.1, -0.05) is 12.1 Å². The molecule has 0 saturated carbocycles. The van der Waals surface area contributed by atoms with E-state index in [0.717, 1.165) is 17.7 Å². The van der Waals surface area contributed by atoms with Crippen molar-refractivity contribution in [2.75, 3.05) is 12.9 Å². The van der Waals surface area contributed by atoms with Crippen LogP contribution in [0.3, 0.4) is 0 Å². The van der Waals surface area contributed by atoms with Crippen LogP contribution in [-0.2, 0) is 6.18 Å². The molecule has 114 valence electrons. The zero-order valence-electron chi connectivity index (χ0n) is 11.7. The fraction of sp³-hybridized carbons (Fsp3) is 0.571. The molecule has 0 aliphatic heterocycles. The van der Waals surface area contributed by atoms with Crippen LogP contribution >= 0.6 is 11.8 Å². The fourth-order valence-electron chi connectivity index (χ4n) is 2.00. The number of hydrogen-bond acceptors (Lipinski definition) is 3. The first-order chi connectivity index (χ1) is 9.29. The maximum atomic E-state index is 12.5. The minimum Gasteiger partial charge on any atom is -0.395 e. The number of benzene rings is 1. The van der Waals surface area contributed by atoms with Crippen molar-refractivity contribution in [3.05, 3.63) is 35.4 Å². The molecule has 2 nitrogen and oxygen atoms in total. The number of halogens is 3. The van der Waals surface area contributed by atoms with Gasteiger partial charge < -0.3 is 10.4 Å². The first-order valence-corrected chi connectivity index (χ1v) is 7.65. The van der Waals surface area contributed by atoms with Gasteiger partial charge in [-0.15, -0.1) is 0 Å². The number of aliphatic hydroxyl groups excluding tert-OH is 1. The Morgan fingerprint density at radius 2 is 1.75 bits per heavy atom. The number of hydrogen-bond donors (Lipinski definition) is 2. The lowest BCUT2D eigenvalue weighted by Crippen LogP contribution is -2.38. The van der Waals surface area contributed by atoms with Crippen LogP contribution in [0.25, 0.3) is 0 Å². The van der Waals surface area contributed by atoms with Gasteiger partial charge in [-0.25, -0.2) is 0 Å². The molecule has 3 atom stereocenters. The third-order valence-electron chi connectivity index (χ3n) is 3.29.